The molecule has 3 aromatic rings. The van der Waals surface area contributed by atoms with Crippen LogP contribution in [0.5, 0.6) is 5.75 Å². The van der Waals surface area contributed by atoms with Gasteiger partial charge in [0.15, 0.2) is 11.4 Å². The van der Waals surface area contributed by atoms with E-state index in [1.807, 2.05) is 0 Å². The number of carbonyl (C=O) groups excluding carboxylic acids is 2. The lowest BCUT2D eigenvalue weighted by Crippen LogP contribution is -2.29. The van der Waals surface area contributed by atoms with Crippen LogP contribution in [0.4, 0.5) is 0 Å². The van der Waals surface area contributed by atoms with E-state index in [1.165, 1.54) is 0 Å². The second kappa shape index (κ2) is 8.05. The number of nitrogens with zero attached hydrogens (tertiary/aromatic N) is 2. The topological polar surface area (TPSA) is 127 Å². The first-order valence-electron chi connectivity index (χ1n) is 8.11. The molecule has 0 fully saturated rings. The molecule has 2 aromatic carbocycles. The molecule has 0 aliphatic heterocycles. The number of carbonyl (C=O) groups is 2. The largest absolute Gasteiger partial charge is 0.505 e. The lowest BCUT2D eigenvalue weighted by Gasteiger charge is -2.10. The highest BCUT2D eigenvalue weighted by Crippen LogP contribution is 2.15. The fourth-order valence-corrected chi connectivity index (χ4v) is 2.69. The van der Waals surface area contributed by atoms with E-state index in [4.69, 9.17) is 5.73 Å². The number of rotatable bonds is 5. The number of halogens is 1. The number of nitrogens with two attached hydrogens (primary N) is 1. The molecule has 1 aromatic heterocycles. The molecule has 1 heterocycles. The van der Waals surface area contributed by atoms with Gasteiger partial charge in [-0.25, -0.2) is 0 Å². The van der Waals surface area contributed by atoms with Gasteiger partial charge in [0.05, 0.1) is 5.69 Å². The normalized spacial score (nSPS) is 10.5. The third kappa shape index (κ3) is 4.26. The van der Waals surface area contributed by atoms with Crippen molar-refractivity contribution in [2.75, 3.05) is 0 Å². The molecular formula is C19H15BrN4O4. The maximum Gasteiger partial charge on any atom is 0.275 e. The van der Waals surface area contributed by atoms with E-state index < -0.39 is 23.1 Å². The molecule has 28 heavy (non-hydrogen) atoms. The second-order valence-corrected chi connectivity index (χ2v) is 6.76. The Morgan fingerprint density at radius 2 is 1.75 bits per heavy atom. The molecule has 2 amide bonds. The number of hydrogen-bond donors (Lipinski definition) is 3. The highest BCUT2D eigenvalue weighted by atomic mass is 79.9. The van der Waals surface area contributed by atoms with Crippen LogP contribution in [0.15, 0.2) is 63.9 Å². The monoisotopic (exact) mass is 442 g/mol. The first kappa shape index (κ1) is 19.3. The zero-order chi connectivity index (χ0) is 20.3. The Labute approximate surface area is 167 Å². The van der Waals surface area contributed by atoms with E-state index in [9.17, 15) is 19.5 Å². The molecule has 0 bridgehead atoms. The van der Waals surface area contributed by atoms with Crippen LogP contribution < -0.4 is 16.6 Å². The molecular weight excluding hydrogens is 428 g/mol. The summed E-state index contributed by atoms with van der Waals surface area (Å²) in [7, 11) is 0. The summed E-state index contributed by atoms with van der Waals surface area (Å²) in [6, 6.07) is 14.1. The minimum Gasteiger partial charge on any atom is -0.505 e. The number of amides is 2. The van der Waals surface area contributed by atoms with Crippen LogP contribution in [0.3, 0.4) is 0 Å². The molecule has 0 radical (unpaired) electrons. The maximum absolute atomic E-state index is 12.4. The molecule has 3 rings (SSSR count). The van der Waals surface area contributed by atoms with Gasteiger partial charge < -0.3 is 16.2 Å². The summed E-state index contributed by atoms with van der Waals surface area (Å²) < 4.78 is 1.85. The summed E-state index contributed by atoms with van der Waals surface area (Å²) in [4.78, 5) is 35.6. The van der Waals surface area contributed by atoms with Crippen LogP contribution in [-0.2, 0) is 6.54 Å². The van der Waals surface area contributed by atoms with Crippen molar-refractivity contribution in [1.82, 2.24) is 15.1 Å². The highest BCUT2D eigenvalue weighted by Gasteiger charge is 2.16. The number of nitrogens with one attached hydrogen (secondary N) is 1. The van der Waals surface area contributed by atoms with Crippen molar-refractivity contribution >= 4 is 27.7 Å². The van der Waals surface area contributed by atoms with E-state index in [0.29, 0.717) is 11.3 Å². The van der Waals surface area contributed by atoms with Gasteiger partial charge in [-0.05, 0) is 42.0 Å². The molecule has 0 saturated heterocycles. The molecule has 0 aliphatic carbocycles. The van der Waals surface area contributed by atoms with E-state index in [1.54, 1.807) is 48.5 Å². The minimum absolute atomic E-state index is 0.135. The molecule has 0 saturated carbocycles. The predicted molar refractivity (Wildman–Crippen MR) is 105 cm³/mol. The number of hydrogen-bond acceptors (Lipinski definition) is 5. The van der Waals surface area contributed by atoms with Gasteiger partial charge in [-0.3, -0.25) is 14.4 Å². The smallest absolute Gasteiger partial charge is 0.275 e. The Kier molecular flexibility index (Phi) is 5.55. The molecule has 0 aliphatic rings. The van der Waals surface area contributed by atoms with Crippen molar-refractivity contribution in [3.63, 3.8) is 0 Å². The summed E-state index contributed by atoms with van der Waals surface area (Å²) in [5.74, 6) is -1.71. The SMILES string of the molecule is NC(=O)c1ccc(CNC(=O)c2nn(-c3ccc(Br)cc3)c(=O)cc2O)cc1. The summed E-state index contributed by atoms with van der Waals surface area (Å²) >= 11 is 3.30. The van der Waals surface area contributed by atoms with Gasteiger partial charge >= 0.3 is 0 Å². The number of benzene rings is 2. The molecule has 142 valence electrons. The van der Waals surface area contributed by atoms with Crippen molar-refractivity contribution in [2.24, 2.45) is 5.73 Å². The summed E-state index contributed by atoms with van der Waals surface area (Å²) in [6.45, 7) is 0.135. The minimum atomic E-state index is -0.651. The van der Waals surface area contributed by atoms with Gasteiger partial charge in [0.2, 0.25) is 5.91 Å². The Morgan fingerprint density at radius 3 is 2.36 bits per heavy atom. The molecule has 0 unspecified atom stereocenters. The maximum atomic E-state index is 12.4. The summed E-state index contributed by atoms with van der Waals surface area (Å²) in [5.41, 5.74) is 5.86. The van der Waals surface area contributed by atoms with Gasteiger partial charge in [-0.2, -0.15) is 9.78 Å². The predicted octanol–water partition coefficient (Wildman–Crippen LogP) is 1.73. The first-order valence-corrected chi connectivity index (χ1v) is 8.90. The van der Waals surface area contributed by atoms with Gasteiger partial charge in [-0.15, -0.1) is 0 Å². The average molecular weight is 443 g/mol. The third-order valence-electron chi connectivity index (χ3n) is 3.89. The van der Waals surface area contributed by atoms with E-state index in [0.717, 1.165) is 20.8 Å². The summed E-state index contributed by atoms with van der Waals surface area (Å²) in [5, 5.41) is 16.6. The number of aromatic hydroxyl groups is 1. The Bertz CT molecular complexity index is 1090. The highest BCUT2D eigenvalue weighted by molar-refractivity contribution is 9.10. The number of primary amides is 1. The lowest BCUT2D eigenvalue weighted by molar-refractivity contribution is 0.0939. The average Bonchev–Trinajstić information content (AvgIpc) is 2.67. The van der Waals surface area contributed by atoms with Gasteiger partial charge in [-0.1, -0.05) is 28.1 Å². The Morgan fingerprint density at radius 1 is 1.11 bits per heavy atom. The first-order chi connectivity index (χ1) is 13.3. The summed E-state index contributed by atoms with van der Waals surface area (Å²) in [6.07, 6.45) is 0. The standard InChI is InChI=1S/C19H15BrN4O4/c20-13-5-7-14(8-6-13)24-16(26)9-15(25)17(23-24)19(28)22-10-11-1-3-12(4-2-11)18(21)27/h1-9,25H,10H2,(H2,21,27)(H,22,28). The Balaban J connectivity index is 1.81. The number of aromatic nitrogens is 2. The van der Waals surface area contributed by atoms with Gasteiger partial charge in [0, 0.05) is 22.6 Å². The van der Waals surface area contributed by atoms with Crippen LogP contribution in [0, 0.1) is 0 Å². The van der Waals surface area contributed by atoms with Crippen LogP contribution in [0.2, 0.25) is 0 Å². The Hall–Kier alpha value is -3.46. The fraction of sp³-hybridized carbons (Fsp3) is 0.0526. The van der Waals surface area contributed by atoms with Crippen molar-refractivity contribution < 1.29 is 14.7 Å². The van der Waals surface area contributed by atoms with Crippen LogP contribution in [-0.4, -0.2) is 26.7 Å². The fourth-order valence-electron chi connectivity index (χ4n) is 2.43. The molecule has 9 heteroatoms. The molecule has 0 spiro atoms. The zero-order valence-corrected chi connectivity index (χ0v) is 16.0. The van der Waals surface area contributed by atoms with Crippen LogP contribution in [0.25, 0.3) is 5.69 Å². The van der Waals surface area contributed by atoms with Crippen LogP contribution >= 0.6 is 15.9 Å². The zero-order valence-electron chi connectivity index (χ0n) is 14.4. The molecule has 8 nitrogen and oxygen atoms in total. The van der Waals surface area contributed by atoms with Crippen molar-refractivity contribution in [3.05, 3.63) is 86.2 Å². The van der Waals surface area contributed by atoms with Gasteiger partial charge in [0.25, 0.3) is 11.5 Å². The molecule has 0 atom stereocenters. The van der Waals surface area contributed by atoms with Gasteiger partial charge in [0.1, 0.15) is 0 Å². The van der Waals surface area contributed by atoms with E-state index in [-0.39, 0.29) is 12.2 Å². The quantitative estimate of drug-likeness (QED) is 0.554. The molecule has 4 N–H and O–H groups in total. The third-order valence-corrected chi connectivity index (χ3v) is 4.42. The van der Waals surface area contributed by atoms with Crippen molar-refractivity contribution in [2.45, 2.75) is 6.54 Å². The van der Waals surface area contributed by atoms with E-state index >= 15 is 0 Å². The van der Waals surface area contributed by atoms with Crippen molar-refractivity contribution in [3.8, 4) is 11.4 Å². The second-order valence-electron chi connectivity index (χ2n) is 5.85. The van der Waals surface area contributed by atoms with E-state index in [2.05, 4.69) is 26.3 Å². The lowest BCUT2D eigenvalue weighted by atomic mass is 10.1. The van der Waals surface area contributed by atoms with Crippen LogP contribution in [0.1, 0.15) is 26.4 Å². The van der Waals surface area contributed by atoms with Crippen molar-refractivity contribution in [1.29, 1.82) is 0 Å².